The molecule has 27 heavy (non-hydrogen) atoms. The van der Waals surface area contributed by atoms with E-state index in [1.165, 1.54) is 10.5 Å². The third-order valence-electron chi connectivity index (χ3n) is 7.11. The van der Waals surface area contributed by atoms with Crippen LogP contribution in [0.15, 0.2) is 30.4 Å². The molecule has 5 aliphatic rings. The first kappa shape index (κ1) is 16.7. The summed E-state index contributed by atoms with van der Waals surface area (Å²) in [6, 6.07) is 5.78. The average molecular weight is 364 g/mol. The predicted molar refractivity (Wildman–Crippen MR) is 101 cm³/mol. The molecule has 5 heteroatoms. The van der Waals surface area contributed by atoms with Crippen molar-refractivity contribution in [2.24, 2.45) is 35.5 Å². The largest absolute Gasteiger partial charge is 0.326 e. The van der Waals surface area contributed by atoms with Crippen molar-refractivity contribution in [1.29, 1.82) is 0 Å². The molecule has 1 N–H and O–H groups in total. The van der Waals surface area contributed by atoms with Crippen LogP contribution < -0.4 is 5.32 Å². The molecule has 0 unspecified atom stereocenters. The van der Waals surface area contributed by atoms with Crippen LogP contribution in [-0.4, -0.2) is 29.2 Å². The van der Waals surface area contributed by atoms with Crippen molar-refractivity contribution in [3.8, 4) is 0 Å². The lowest BCUT2D eigenvalue weighted by atomic mass is 9.63. The van der Waals surface area contributed by atoms with E-state index in [0.717, 1.165) is 17.7 Å². The number of nitrogens with zero attached hydrogens (tertiary/aromatic N) is 1. The number of carbonyl (C=O) groups is 3. The van der Waals surface area contributed by atoms with E-state index in [2.05, 4.69) is 17.5 Å². The van der Waals surface area contributed by atoms with Crippen LogP contribution in [-0.2, 0) is 14.4 Å². The van der Waals surface area contributed by atoms with E-state index in [4.69, 9.17) is 0 Å². The van der Waals surface area contributed by atoms with Gasteiger partial charge in [0.15, 0.2) is 0 Å². The van der Waals surface area contributed by atoms with E-state index in [0.29, 0.717) is 11.8 Å². The Kier molecular flexibility index (Phi) is 3.58. The summed E-state index contributed by atoms with van der Waals surface area (Å²) < 4.78 is 0. The molecule has 3 amide bonds. The number of imide groups is 1. The number of amides is 3. The van der Waals surface area contributed by atoms with Crippen LogP contribution in [0.4, 0.5) is 5.69 Å². The molecular formula is C22H24N2O3. The van der Waals surface area contributed by atoms with Crippen molar-refractivity contribution in [2.45, 2.75) is 26.7 Å². The molecule has 1 heterocycles. The maximum atomic E-state index is 12.9. The number of anilines is 1. The van der Waals surface area contributed by atoms with E-state index >= 15 is 0 Å². The molecule has 0 radical (unpaired) electrons. The molecule has 2 bridgehead atoms. The minimum absolute atomic E-state index is 0.0614. The Hall–Kier alpha value is -2.43. The zero-order chi connectivity index (χ0) is 18.9. The third-order valence-corrected chi connectivity index (χ3v) is 7.11. The van der Waals surface area contributed by atoms with E-state index in [1.807, 2.05) is 32.0 Å². The molecule has 4 aliphatic carbocycles. The summed E-state index contributed by atoms with van der Waals surface area (Å²) in [5.41, 5.74) is 3.03. The molecule has 1 aromatic carbocycles. The molecule has 140 valence electrons. The smallest absolute Gasteiger partial charge is 0.233 e. The molecule has 1 saturated heterocycles. The lowest BCUT2D eigenvalue weighted by molar-refractivity contribution is -0.140. The van der Waals surface area contributed by atoms with Gasteiger partial charge in [-0.3, -0.25) is 19.3 Å². The number of carbonyl (C=O) groups excluding carboxylic acids is 3. The second-order valence-electron chi connectivity index (χ2n) is 8.58. The predicted octanol–water partition coefficient (Wildman–Crippen LogP) is 2.69. The average Bonchev–Trinajstić information content (AvgIpc) is 3.42. The fourth-order valence-corrected chi connectivity index (χ4v) is 5.50. The van der Waals surface area contributed by atoms with Crippen LogP contribution in [0, 0.1) is 49.4 Å². The van der Waals surface area contributed by atoms with Crippen LogP contribution in [0.5, 0.6) is 0 Å². The van der Waals surface area contributed by atoms with Crippen molar-refractivity contribution in [3.05, 3.63) is 41.5 Å². The second-order valence-corrected chi connectivity index (χ2v) is 8.58. The topological polar surface area (TPSA) is 66.5 Å². The molecule has 3 fully saturated rings. The summed E-state index contributed by atoms with van der Waals surface area (Å²) >= 11 is 0. The summed E-state index contributed by atoms with van der Waals surface area (Å²) in [6.07, 6.45) is 5.63. The van der Waals surface area contributed by atoms with Crippen molar-refractivity contribution in [3.63, 3.8) is 0 Å². The van der Waals surface area contributed by atoms with Crippen LogP contribution in [0.2, 0.25) is 0 Å². The van der Waals surface area contributed by atoms with E-state index < -0.39 is 0 Å². The lowest BCUT2D eigenvalue weighted by Crippen LogP contribution is -2.40. The zero-order valence-electron chi connectivity index (χ0n) is 15.6. The molecule has 0 aromatic heterocycles. The number of allylic oxidation sites excluding steroid dienone is 2. The quantitative estimate of drug-likeness (QED) is 0.660. The second kappa shape index (κ2) is 5.78. The number of aryl methyl sites for hydroxylation is 2. The van der Waals surface area contributed by atoms with Crippen LogP contribution in [0.3, 0.4) is 0 Å². The van der Waals surface area contributed by atoms with E-state index in [9.17, 15) is 14.4 Å². The maximum Gasteiger partial charge on any atom is 0.233 e. The Morgan fingerprint density at radius 1 is 1.04 bits per heavy atom. The number of hydrogen-bond donors (Lipinski definition) is 1. The van der Waals surface area contributed by atoms with Crippen LogP contribution in [0.25, 0.3) is 0 Å². The zero-order valence-corrected chi connectivity index (χ0v) is 15.6. The van der Waals surface area contributed by atoms with Gasteiger partial charge in [-0.05, 0) is 67.2 Å². The standard InChI is InChI=1S/C22H24N2O3/c1-11-3-4-13(9-12(11)2)23-18(25)7-8-24-21(26)19-14-5-6-15(17-10-16(14)17)20(19)22(24)27/h3-6,9,14-17,19-20H,7-8,10H2,1-2H3,(H,23,25)/t14-,15-,16-,17-,19+,20+/m1/s1. The summed E-state index contributed by atoms with van der Waals surface area (Å²) in [5.74, 6) is 1.02. The van der Waals surface area contributed by atoms with E-state index in [1.54, 1.807) is 0 Å². The van der Waals surface area contributed by atoms with Gasteiger partial charge in [0.25, 0.3) is 0 Å². The Morgan fingerprint density at radius 3 is 2.26 bits per heavy atom. The first-order chi connectivity index (χ1) is 13.0. The molecule has 0 spiro atoms. The Morgan fingerprint density at radius 2 is 1.67 bits per heavy atom. The normalized spacial score (nSPS) is 35.3. The fourth-order valence-electron chi connectivity index (χ4n) is 5.50. The molecule has 6 rings (SSSR count). The SMILES string of the molecule is Cc1ccc(NC(=O)CCN2C(=O)[C@H]3[C@@H]4C=C[C@H]([C@H]5C[C@H]45)[C@@H]3C2=O)cc1C. The third kappa shape index (κ3) is 2.47. The maximum absolute atomic E-state index is 12.9. The Labute approximate surface area is 158 Å². The van der Waals surface area contributed by atoms with Gasteiger partial charge in [0.1, 0.15) is 0 Å². The summed E-state index contributed by atoms with van der Waals surface area (Å²) in [4.78, 5) is 39.5. The van der Waals surface area contributed by atoms with Crippen LogP contribution >= 0.6 is 0 Å². The summed E-state index contributed by atoms with van der Waals surface area (Å²) in [6.45, 7) is 4.20. The Balaban J connectivity index is 1.24. The highest BCUT2D eigenvalue weighted by atomic mass is 16.2. The number of benzene rings is 1. The number of hydrogen-bond acceptors (Lipinski definition) is 3. The van der Waals surface area contributed by atoms with Gasteiger partial charge in [-0.25, -0.2) is 0 Å². The summed E-state index contributed by atoms with van der Waals surface area (Å²) in [7, 11) is 0. The van der Waals surface area contributed by atoms with E-state index in [-0.39, 0.29) is 54.4 Å². The minimum Gasteiger partial charge on any atom is -0.326 e. The van der Waals surface area contributed by atoms with Gasteiger partial charge in [-0.1, -0.05) is 18.2 Å². The van der Waals surface area contributed by atoms with Crippen molar-refractivity contribution in [2.75, 3.05) is 11.9 Å². The van der Waals surface area contributed by atoms with Crippen molar-refractivity contribution in [1.82, 2.24) is 4.90 Å². The first-order valence-corrected chi connectivity index (χ1v) is 9.86. The molecule has 6 atom stereocenters. The lowest BCUT2D eigenvalue weighted by Gasteiger charge is -2.37. The van der Waals surface area contributed by atoms with Gasteiger partial charge >= 0.3 is 0 Å². The monoisotopic (exact) mass is 364 g/mol. The summed E-state index contributed by atoms with van der Waals surface area (Å²) in [5, 5.41) is 2.87. The molecule has 1 aromatic rings. The van der Waals surface area contributed by atoms with Crippen molar-refractivity contribution < 1.29 is 14.4 Å². The fraction of sp³-hybridized carbons (Fsp3) is 0.500. The molecule has 2 saturated carbocycles. The highest BCUT2D eigenvalue weighted by Gasteiger charge is 2.66. The molecule has 5 nitrogen and oxygen atoms in total. The molecular weight excluding hydrogens is 340 g/mol. The Bertz CT molecular complexity index is 854. The van der Waals surface area contributed by atoms with Gasteiger partial charge < -0.3 is 5.32 Å². The minimum atomic E-state index is -0.181. The number of rotatable bonds is 4. The first-order valence-electron chi connectivity index (χ1n) is 9.86. The highest BCUT2D eigenvalue weighted by molar-refractivity contribution is 6.06. The van der Waals surface area contributed by atoms with Crippen LogP contribution in [0.1, 0.15) is 24.0 Å². The van der Waals surface area contributed by atoms with Gasteiger partial charge in [-0.15, -0.1) is 0 Å². The van der Waals surface area contributed by atoms with Gasteiger partial charge in [-0.2, -0.15) is 0 Å². The molecule has 1 aliphatic heterocycles. The van der Waals surface area contributed by atoms with Gasteiger partial charge in [0.2, 0.25) is 17.7 Å². The number of nitrogens with one attached hydrogen (secondary N) is 1. The van der Waals surface area contributed by atoms with Gasteiger partial charge in [0.05, 0.1) is 11.8 Å². The van der Waals surface area contributed by atoms with Gasteiger partial charge in [0, 0.05) is 18.7 Å². The highest BCUT2D eigenvalue weighted by Crippen LogP contribution is 2.65. The van der Waals surface area contributed by atoms with Crippen molar-refractivity contribution >= 4 is 23.4 Å². The number of likely N-dealkylation sites (tertiary alicyclic amines) is 1.